The molecule has 1 aromatic rings. The van der Waals surface area contributed by atoms with Crippen molar-refractivity contribution in [2.24, 2.45) is 5.92 Å². The zero-order valence-electron chi connectivity index (χ0n) is 19.7. The van der Waals surface area contributed by atoms with Crippen LogP contribution in [0.2, 0.25) is 0 Å². The van der Waals surface area contributed by atoms with E-state index < -0.39 is 24.5 Å². The van der Waals surface area contributed by atoms with Crippen LogP contribution in [-0.4, -0.2) is 50.7 Å². The number of carbonyl (C=O) groups is 4. The van der Waals surface area contributed by atoms with E-state index in [4.69, 9.17) is 14.2 Å². The Balaban J connectivity index is 1.65. The van der Waals surface area contributed by atoms with Crippen LogP contribution in [0.3, 0.4) is 0 Å². The summed E-state index contributed by atoms with van der Waals surface area (Å²) in [5.74, 6) is -1.30. The van der Waals surface area contributed by atoms with Crippen LogP contribution in [-0.2, 0) is 14.3 Å². The zero-order valence-corrected chi connectivity index (χ0v) is 19.7. The van der Waals surface area contributed by atoms with Crippen LogP contribution in [0.25, 0.3) is 0 Å². The first kappa shape index (κ1) is 25.3. The monoisotopic (exact) mass is 475 g/mol. The van der Waals surface area contributed by atoms with Crippen LogP contribution >= 0.6 is 0 Å². The Kier molecular flexibility index (Phi) is 9.12. The van der Waals surface area contributed by atoms with Crippen LogP contribution < -0.4 is 25.4 Å². The predicted octanol–water partition coefficient (Wildman–Crippen LogP) is 3.15. The second-order valence-electron chi connectivity index (χ2n) is 8.66. The molecule has 0 unspecified atom stereocenters. The summed E-state index contributed by atoms with van der Waals surface area (Å²) < 4.78 is 15.7. The van der Waals surface area contributed by atoms with Gasteiger partial charge in [-0.2, -0.15) is 0 Å². The number of carbonyl (C=O) groups excluding carboxylic acids is 4. The number of urea groups is 1. The molecule has 3 N–H and O–H groups in total. The van der Waals surface area contributed by atoms with E-state index in [9.17, 15) is 19.2 Å². The number of imide groups is 1. The smallest absolute Gasteiger partial charge is 0.340 e. The molecule has 2 aliphatic carbocycles. The fraction of sp³-hybridized carbons (Fsp3) is 0.583. The Morgan fingerprint density at radius 1 is 0.882 bits per heavy atom. The van der Waals surface area contributed by atoms with Gasteiger partial charge in [-0.3, -0.25) is 14.9 Å². The standard InChI is InChI=1S/C24H33N3O7/c1-32-19-12-17(18(13-20(19)33-2)26-22(29)15-8-4-3-5-9-15)23(30)34-14-21(28)27-24(31)25-16-10-6-7-11-16/h12-13,15-16H,3-11,14H2,1-2H3,(H,26,29)(H2,25,27,28,31). The molecule has 34 heavy (non-hydrogen) atoms. The highest BCUT2D eigenvalue weighted by Gasteiger charge is 2.25. The van der Waals surface area contributed by atoms with Gasteiger partial charge in [0.15, 0.2) is 18.1 Å². The van der Waals surface area contributed by atoms with E-state index in [1.807, 2.05) is 0 Å². The Bertz CT molecular complexity index is 906. The van der Waals surface area contributed by atoms with E-state index >= 15 is 0 Å². The van der Waals surface area contributed by atoms with E-state index in [1.54, 1.807) is 0 Å². The van der Waals surface area contributed by atoms with E-state index in [2.05, 4.69) is 16.0 Å². The molecule has 1 aromatic carbocycles. The molecule has 0 heterocycles. The van der Waals surface area contributed by atoms with Gasteiger partial charge in [-0.15, -0.1) is 0 Å². The Hall–Kier alpha value is -3.30. The first-order chi connectivity index (χ1) is 16.4. The summed E-state index contributed by atoms with van der Waals surface area (Å²) in [7, 11) is 2.87. The molecule has 2 saturated carbocycles. The molecule has 0 atom stereocenters. The van der Waals surface area contributed by atoms with Gasteiger partial charge < -0.3 is 24.8 Å². The molecule has 0 aromatic heterocycles. The molecule has 0 spiro atoms. The van der Waals surface area contributed by atoms with Crippen LogP contribution in [0.5, 0.6) is 11.5 Å². The number of ether oxygens (including phenoxy) is 3. The highest BCUT2D eigenvalue weighted by molar-refractivity contribution is 6.03. The van der Waals surface area contributed by atoms with Crippen molar-refractivity contribution in [2.75, 3.05) is 26.1 Å². The first-order valence-corrected chi connectivity index (χ1v) is 11.8. The minimum atomic E-state index is -0.841. The summed E-state index contributed by atoms with van der Waals surface area (Å²) in [5, 5.41) is 7.70. The van der Waals surface area contributed by atoms with Crippen LogP contribution in [0, 0.1) is 5.92 Å². The topological polar surface area (TPSA) is 132 Å². The van der Waals surface area contributed by atoms with E-state index in [0.717, 1.165) is 57.8 Å². The van der Waals surface area contributed by atoms with Crippen molar-refractivity contribution in [1.82, 2.24) is 10.6 Å². The van der Waals surface area contributed by atoms with E-state index in [0.29, 0.717) is 5.75 Å². The number of amides is 4. The largest absolute Gasteiger partial charge is 0.493 e. The average Bonchev–Trinajstić information content (AvgIpc) is 3.35. The minimum Gasteiger partial charge on any atom is -0.493 e. The van der Waals surface area contributed by atoms with Gasteiger partial charge in [-0.25, -0.2) is 9.59 Å². The highest BCUT2D eigenvalue weighted by atomic mass is 16.5. The maximum absolute atomic E-state index is 12.8. The molecule has 10 nitrogen and oxygen atoms in total. The lowest BCUT2D eigenvalue weighted by molar-refractivity contribution is -0.123. The summed E-state index contributed by atoms with van der Waals surface area (Å²) >= 11 is 0. The highest BCUT2D eigenvalue weighted by Crippen LogP contribution is 2.35. The van der Waals surface area contributed by atoms with Crippen molar-refractivity contribution in [3.63, 3.8) is 0 Å². The van der Waals surface area contributed by atoms with Crippen molar-refractivity contribution in [3.05, 3.63) is 17.7 Å². The number of benzene rings is 1. The Morgan fingerprint density at radius 3 is 2.15 bits per heavy atom. The first-order valence-electron chi connectivity index (χ1n) is 11.8. The predicted molar refractivity (Wildman–Crippen MR) is 124 cm³/mol. The van der Waals surface area contributed by atoms with Crippen LogP contribution in [0.1, 0.15) is 68.1 Å². The second-order valence-corrected chi connectivity index (χ2v) is 8.66. The molecule has 0 aliphatic heterocycles. The van der Waals surface area contributed by atoms with Gasteiger partial charge in [0.05, 0.1) is 25.5 Å². The van der Waals surface area contributed by atoms with E-state index in [-0.39, 0.29) is 34.9 Å². The Morgan fingerprint density at radius 2 is 1.50 bits per heavy atom. The number of esters is 1. The normalized spacial score (nSPS) is 16.4. The molecule has 4 amide bonds. The zero-order chi connectivity index (χ0) is 24.5. The lowest BCUT2D eigenvalue weighted by atomic mass is 9.88. The number of methoxy groups -OCH3 is 2. The van der Waals surface area contributed by atoms with Crippen molar-refractivity contribution >= 4 is 29.5 Å². The van der Waals surface area contributed by atoms with Crippen molar-refractivity contribution in [1.29, 1.82) is 0 Å². The van der Waals surface area contributed by atoms with Crippen LogP contribution in [0.4, 0.5) is 10.5 Å². The maximum atomic E-state index is 12.8. The second kappa shape index (κ2) is 12.2. The van der Waals surface area contributed by atoms with Crippen molar-refractivity contribution in [2.45, 2.75) is 63.8 Å². The molecule has 0 bridgehead atoms. The molecule has 0 radical (unpaired) electrons. The van der Waals surface area contributed by atoms with Crippen molar-refractivity contribution < 1.29 is 33.4 Å². The lowest BCUT2D eigenvalue weighted by Crippen LogP contribution is -2.45. The van der Waals surface area contributed by atoms with Gasteiger partial charge in [0.1, 0.15) is 0 Å². The summed E-state index contributed by atoms with van der Waals surface area (Å²) in [6.07, 6.45) is 8.52. The lowest BCUT2D eigenvalue weighted by Gasteiger charge is -2.22. The van der Waals surface area contributed by atoms with Crippen molar-refractivity contribution in [3.8, 4) is 11.5 Å². The summed E-state index contributed by atoms with van der Waals surface area (Å²) in [6.45, 7) is -0.652. The SMILES string of the molecule is COc1cc(NC(=O)C2CCCCC2)c(C(=O)OCC(=O)NC(=O)NC2CCCC2)cc1OC. The quantitative estimate of drug-likeness (QED) is 0.492. The fourth-order valence-corrected chi connectivity index (χ4v) is 4.41. The molecule has 3 rings (SSSR count). The Labute approximate surface area is 199 Å². The van der Waals surface area contributed by atoms with Gasteiger partial charge in [0.2, 0.25) is 5.91 Å². The minimum absolute atomic E-state index is 0.0185. The van der Waals surface area contributed by atoms with Crippen LogP contribution in [0.15, 0.2) is 12.1 Å². The maximum Gasteiger partial charge on any atom is 0.340 e. The number of hydrogen-bond donors (Lipinski definition) is 3. The summed E-state index contributed by atoms with van der Waals surface area (Å²) in [4.78, 5) is 49.6. The molecular formula is C24H33N3O7. The number of rotatable bonds is 8. The molecule has 186 valence electrons. The van der Waals surface area contributed by atoms with Gasteiger partial charge in [-0.05, 0) is 25.7 Å². The third kappa shape index (κ3) is 6.85. The fourth-order valence-electron chi connectivity index (χ4n) is 4.41. The van der Waals surface area contributed by atoms with E-state index in [1.165, 1.54) is 26.4 Å². The van der Waals surface area contributed by atoms with Gasteiger partial charge in [0, 0.05) is 24.1 Å². The third-order valence-corrected chi connectivity index (χ3v) is 6.26. The molecular weight excluding hydrogens is 442 g/mol. The number of anilines is 1. The molecule has 2 aliphatic rings. The summed E-state index contributed by atoms with van der Waals surface area (Å²) in [6, 6.07) is 2.32. The molecule has 10 heteroatoms. The molecule has 0 saturated heterocycles. The number of hydrogen-bond acceptors (Lipinski definition) is 7. The number of nitrogens with one attached hydrogen (secondary N) is 3. The van der Waals surface area contributed by atoms with Gasteiger partial charge >= 0.3 is 12.0 Å². The average molecular weight is 476 g/mol. The van der Waals surface area contributed by atoms with Gasteiger partial charge in [-0.1, -0.05) is 32.1 Å². The summed E-state index contributed by atoms with van der Waals surface area (Å²) in [5.41, 5.74) is 0.225. The molecule has 2 fully saturated rings. The van der Waals surface area contributed by atoms with Gasteiger partial charge in [0.25, 0.3) is 5.91 Å². The third-order valence-electron chi connectivity index (χ3n) is 6.26.